The number of hydroxylamine groups is 1. The van der Waals surface area contributed by atoms with Crippen LogP contribution in [0.3, 0.4) is 0 Å². The molecule has 2 atom stereocenters. The Morgan fingerprint density at radius 1 is 1.27 bits per heavy atom. The molecule has 2 saturated carbocycles. The Labute approximate surface area is 87.7 Å². The van der Waals surface area contributed by atoms with Crippen LogP contribution >= 0.6 is 0 Å². The van der Waals surface area contributed by atoms with Gasteiger partial charge in [0.2, 0.25) is 5.91 Å². The van der Waals surface area contributed by atoms with Crippen LogP contribution in [0.4, 0.5) is 0 Å². The standard InChI is InChI=1S/C10H15NO4/c12-8(13)5-15-11-10(14)9-6-3-1-2-4-7(6)9/h6-7,9H,1-5H2,(H,11,14)(H,12,13). The molecule has 0 aromatic rings. The van der Waals surface area contributed by atoms with Crippen molar-refractivity contribution in [2.75, 3.05) is 6.61 Å². The molecule has 2 rings (SSSR count). The van der Waals surface area contributed by atoms with E-state index < -0.39 is 12.6 Å². The molecule has 2 aliphatic carbocycles. The van der Waals surface area contributed by atoms with E-state index >= 15 is 0 Å². The molecule has 2 N–H and O–H groups in total. The van der Waals surface area contributed by atoms with Gasteiger partial charge in [0, 0.05) is 5.92 Å². The Kier molecular flexibility index (Phi) is 2.90. The van der Waals surface area contributed by atoms with Gasteiger partial charge in [-0.25, -0.2) is 10.3 Å². The Hall–Kier alpha value is -1.10. The number of hydrogen-bond donors (Lipinski definition) is 2. The molecule has 0 bridgehead atoms. The minimum atomic E-state index is -1.08. The van der Waals surface area contributed by atoms with Crippen LogP contribution in [0.2, 0.25) is 0 Å². The summed E-state index contributed by atoms with van der Waals surface area (Å²) in [5.74, 6) is -0.114. The van der Waals surface area contributed by atoms with Crippen molar-refractivity contribution in [1.82, 2.24) is 5.48 Å². The number of fused-ring (bicyclic) bond motifs is 1. The third kappa shape index (κ3) is 2.28. The van der Waals surface area contributed by atoms with E-state index in [0.29, 0.717) is 11.8 Å². The minimum Gasteiger partial charge on any atom is -0.479 e. The zero-order chi connectivity index (χ0) is 10.8. The van der Waals surface area contributed by atoms with Crippen molar-refractivity contribution in [3.63, 3.8) is 0 Å². The maximum atomic E-state index is 11.5. The van der Waals surface area contributed by atoms with Crippen LogP contribution in [0.5, 0.6) is 0 Å². The highest BCUT2D eigenvalue weighted by Crippen LogP contribution is 2.55. The zero-order valence-corrected chi connectivity index (χ0v) is 8.44. The number of amides is 1. The molecular formula is C10H15NO4. The molecule has 84 valence electrons. The molecule has 0 saturated heterocycles. The van der Waals surface area contributed by atoms with E-state index in [1.54, 1.807) is 0 Å². The van der Waals surface area contributed by atoms with Gasteiger partial charge in [-0.15, -0.1) is 0 Å². The van der Waals surface area contributed by atoms with Crippen molar-refractivity contribution in [3.8, 4) is 0 Å². The fourth-order valence-electron chi connectivity index (χ4n) is 2.62. The van der Waals surface area contributed by atoms with E-state index in [0.717, 1.165) is 12.8 Å². The van der Waals surface area contributed by atoms with E-state index in [-0.39, 0.29) is 11.8 Å². The molecule has 2 unspecified atom stereocenters. The molecule has 0 radical (unpaired) electrons. The largest absolute Gasteiger partial charge is 0.479 e. The van der Waals surface area contributed by atoms with Gasteiger partial charge >= 0.3 is 5.97 Å². The summed E-state index contributed by atoms with van der Waals surface area (Å²) in [6, 6.07) is 0. The summed E-state index contributed by atoms with van der Waals surface area (Å²) in [5.41, 5.74) is 2.21. The molecule has 0 aliphatic heterocycles. The summed E-state index contributed by atoms with van der Waals surface area (Å²) < 4.78 is 0. The second-order valence-corrected chi connectivity index (χ2v) is 4.29. The summed E-state index contributed by atoms with van der Waals surface area (Å²) in [7, 11) is 0. The van der Waals surface area contributed by atoms with Gasteiger partial charge in [-0.3, -0.25) is 9.63 Å². The van der Waals surface area contributed by atoms with Gasteiger partial charge in [-0.1, -0.05) is 12.8 Å². The van der Waals surface area contributed by atoms with Gasteiger partial charge in [-0.2, -0.15) is 0 Å². The first-order chi connectivity index (χ1) is 7.20. The van der Waals surface area contributed by atoms with E-state index in [2.05, 4.69) is 10.3 Å². The lowest BCUT2D eigenvalue weighted by Gasteiger charge is -2.04. The SMILES string of the molecule is O=C(O)CONC(=O)C1C2CCCCC21. The zero-order valence-electron chi connectivity index (χ0n) is 8.44. The van der Waals surface area contributed by atoms with Crippen molar-refractivity contribution in [3.05, 3.63) is 0 Å². The lowest BCUT2D eigenvalue weighted by molar-refractivity contribution is -0.149. The predicted octanol–water partition coefficient (Wildman–Crippen LogP) is 0.555. The molecule has 5 heteroatoms. The normalized spacial score (nSPS) is 32.9. The van der Waals surface area contributed by atoms with Crippen molar-refractivity contribution < 1.29 is 19.5 Å². The van der Waals surface area contributed by atoms with Gasteiger partial charge in [-0.05, 0) is 24.7 Å². The number of carboxylic acid groups (broad SMARTS) is 1. The number of carboxylic acids is 1. The quantitative estimate of drug-likeness (QED) is 0.669. The highest BCUT2D eigenvalue weighted by molar-refractivity contribution is 5.81. The smallest absolute Gasteiger partial charge is 0.332 e. The molecule has 0 aromatic carbocycles. The van der Waals surface area contributed by atoms with Crippen molar-refractivity contribution in [2.24, 2.45) is 17.8 Å². The van der Waals surface area contributed by atoms with Gasteiger partial charge in [0.1, 0.15) is 0 Å². The van der Waals surface area contributed by atoms with E-state index in [4.69, 9.17) is 5.11 Å². The molecule has 0 spiro atoms. The summed E-state index contributed by atoms with van der Waals surface area (Å²) in [4.78, 5) is 26.2. The highest BCUT2D eigenvalue weighted by atomic mass is 16.7. The van der Waals surface area contributed by atoms with Crippen LogP contribution in [0.15, 0.2) is 0 Å². The summed E-state index contributed by atoms with van der Waals surface area (Å²) in [6.07, 6.45) is 4.67. The third-order valence-electron chi connectivity index (χ3n) is 3.33. The number of carbonyl (C=O) groups is 2. The maximum absolute atomic E-state index is 11.5. The van der Waals surface area contributed by atoms with Crippen LogP contribution in [0.25, 0.3) is 0 Å². The lowest BCUT2D eigenvalue weighted by Crippen LogP contribution is -2.28. The second-order valence-electron chi connectivity index (χ2n) is 4.29. The first-order valence-corrected chi connectivity index (χ1v) is 5.33. The fraction of sp³-hybridized carbons (Fsp3) is 0.800. The van der Waals surface area contributed by atoms with Crippen LogP contribution in [-0.4, -0.2) is 23.6 Å². The van der Waals surface area contributed by atoms with Crippen LogP contribution < -0.4 is 5.48 Å². The highest BCUT2D eigenvalue weighted by Gasteiger charge is 2.54. The Bertz CT molecular complexity index is 267. The van der Waals surface area contributed by atoms with Crippen molar-refractivity contribution in [1.29, 1.82) is 0 Å². The molecule has 0 heterocycles. The Morgan fingerprint density at radius 3 is 2.40 bits per heavy atom. The first kappa shape index (κ1) is 10.4. The number of aliphatic carboxylic acids is 1. The van der Waals surface area contributed by atoms with Gasteiger partial charge in [0.25, 0.3) is 0 Å². The van der Waals surface area contributed by atoms with Crippen molar-refractivity contribution in [2.45, 2.75) is 25.7 Å². The van der Waals surface area contributed by atoms with Gasteiger partial charge in [0.15, 0.2) is 6.61 Å². The van der Waals surface area contributed by atoms with Gasteiger partial charge in [0.05, 0.1) is 0 Å². The number of carbonyl (C=O) groups excluding carboxylic acids is 1. The van der Waals surface area contributed by atoms with E-state index in [1.165, 1.54) is 12.8 Å². The monoisotopic (exact) mass is 213 g/mol. The molecule has 2 fully saturated rings. The molecular weight excluding hydrogens is 198 g/mol. The molecule has 1 amide bonds. The van der Waals surface area contributed by atoms with E-state index in [9.17, 15) is 9.59 Å². The molecule has 15 heavy (non-hydrogen) atoms. The van der Waals surface area contributed by atoms with Gasteiger partial charge < -0.3 is 5.11 Å². The van der Waals surface area contributed by atoms with Crippen molar-refractivity contribution >= 4 is 11.9 Å². The third-order valence-corrected chi connectivity index (χ3v) is 3.33. The average molecular weight is 213 g/mol. The number of hydrogen-bond acceptors (Lipinski definition) is 3. The molecule has 0 aromatic heterocycles. The topological polar surface area (TPSA) is 75.6 Å². The van der Waals surface area contributed by atoms with Crippen LogP contribution in [-0.2, 0) is 14.4 Å². The summed E-state index contributed by atoms with van der Waals surface area (Å²) in [6.45, 7) is -0.478. The summed E-state index contributed by atoms with van der Waals surface area (Å²) in [5, 5.41) is 8.31. The Morgan fingerprint density at radius 2 is 1.87 bits per heavy atom. The maximum Gasteiger partial charge on any atom is 0.332 e. The van der Waals surface area contributed by atoms with Crippen LogP contribution in [0.1, 0.15) is 25.7 Å². The summed E-state index contributed by atoms with van der Waals surface area (Å²) >= 11 is 0. The fourth-order valence-corrected chi connectivity index (χ4v) is 2.62. The predicted molar refractivity (Wildman–Crippen MR) is 50.7 cm³/mol. The average Bonchev–Trinajstić information content (AvgIpc) is 2.90. The van der Waals surface area contributed by atoms with E-state index in [1.807, 2.05) is 0 Å². The molecule has 2 aliphatic rings. The second kappa shape index (κ2) is 4.18. The minimum absolute atomic E-state index is 0.0706. The lowest BCUT2D eigenvalue weighted by atomic mass is 10.0. The molecule has 5 nitrogen and oxygen atoms in total. The number of rotatable bonds is 4. The first-order valence-electron chi connectivity index (χ1n) is 5.33. The van der Waals surface area contributed by atoms with Crippen LogP contribution in [0, 0.1) is 17.8 Å². The number of nitrogens with one attached hydrogen (secondary N) is 1. The Balaban J connectivity index is 1.71.